The molecule has 18 heavy (non-hydrogen) atoms. The quantitative estimate of drug-likeness (QED) is 0.901. The second-order valence-corrected chi connectivity index (χ2v) is 5.07. The number of amides is 3. The number of hydrogen-bond donors (Lipinski definition) is 1. The van der Waals surface area contributed by atoms with E-state index in [2.05, 4.69) is 5.32 Å². The van der Waals surface area contributed by atoms with Gasteiger partial charge in [-0.3, -0.25) is 4.90 Å². The number of hydrogen-bond acceptors (Lipinski definition) is 4. The van der Waals surface area contributed by atoms with E-state index in [1.54, 1.807) is 19.0 Å². The molecule has 1 aromatic rings. The summed E-state index contributed by atoms with van der Waals surface area (Å²) in [4.78, 5) is 26.0. The molecule has 2 rings (SSSR count). The number of carbonyl (C=O) groups is 2. The number of thiophene rings is 1. The molecule has 0 spiro atoms. The van der Waals surface area contributed by atoms with Gasteiger partial charge in [-0.2, -0.15) is 0 Å². The van der Waals surface area contributed by atoms with Crippen LogP contribution in [0.4, 0.5) is 14.6 Å². The number of nitrogens with zero attached hydrogens (tertiary/aromatic N) is 2. The van der Waals surface area contributed by atoms with Crippen molar-refractivity contribution in [3.05, 3.63) is 17.5 Å². The number of cyclic esters (lactones) is 1. The van der Waals surface area contributed by atoms with E-state index >= 15 is 0 Å². The Balaban J connectivity index is 1.87. The zero-order valence-electron chi connectivity index (χ0n) is 10.3. The van der Waals surface area contributed by atoms with Gasteiger partial charge in [0, 0.05) is 14.1 Å². The van der Waals surface area contributed by atoms with Crippen molar-refractivity contribution < 1.29 is 14.3 Å². The first kappa shape index (κ1) is 12.7. The normalized spacial score (nSPS) is 18.7. The van der Waals surface area contributed by atoms with Crippen LogP contribution in [-0.4, -0.2) is 50.3 Å². The van der Waals surface area contributed by atoms with E-state index in [4.69, 9.17) is 4.74 Å². The maximum atomic E-state index is 11.6. The van der Waals surface area contributed by atoms with E-state index in [1.807, 2.05) is 17.5 Å². The molecule has 1 atom stereocenters. The van der Waals surface area contributed by atoms with E-state index < -0.39 is 0 Å². The number of carbonyl (C=O) groups excluding carboxylic acids is 2. The monoisotopic (exact) mass is 269 g/mol. The van der Waals surface area contributed by atoms with Crippen molar-refractivity contribution >= 4 is 28.5 Å². The van der Waals surface area contributed by atoms with Crippen molar-refractivity contribution in [2.75, 3.05) is 32.1 Å². The molecule has 1 unspecified atom stereocenters. The molecular formula is C11H15N3O3S. The number of anilines is 1. The van der Waals surface area contributed by atoms with Gasteiger partial charge < -0.3 is 15.0 Å². The van der Waals surface area contributed by atoms with Crippen molar-refractivity contribution in [2.45, 2.75) is 6.10 Å². The molecule has 6 nitrogen and oxygen atoms in total. The van der Waals surface area contributed by atoms with Crippen molar-refractivity contribution in [3.8, 4) is 0 Å². The predicted octanol–water partition coefficient (Wildman–Crippen LogP) is 1.34. The molecule has 0 bridgehead atoms. The molecular weight excluding hydrogens is 254 g/mol. The molecule has 0 aromatic carbocycles. The minimum atomic E-state index is -0.360. The van der Waals surface area contributed by atoms with Crippen LogP contribution >= 0.6 is 11.3 Å². The van der Waals surface area contributed by atoms with Crippen LogP contribution in [-0.2, 0) is 4.74 Å². The Morgan fingerprint density at radius 3 is 3.06 bits per heavy atom. The van der Waals surface area contributed by atoms with Crippen molar-refractivity contribution in [2.24, 2.45) is 0 Å². The summed E-state index contributed by atoms with van der Waals surface area (Å²) in [5.74, 6) is 0. The molecule has 7 heteroatoms. The maximum absolute atomic E-state index is 11.6. The molecule has 1 aliphatic heterocycles. The van der Waals surface area contributed by atoms with Gasteiger partial charge in [0.1, 0.15) is 11.1 Å². The van der Waals surface area contributed by atoms with Gasteiger partial charge in [0.15, 0.2) is 0 Å². The third kappa shape index (κ3) is 2.73. The largest absolute Gasteiger partial charge is 0.442 e. The van der Waals surface area contributed by atoms with Crippen molar-refractivity contribution in [1.29, 1.82) is 0 Å². The van der Waals surface area contributed by atoms with Crippen molar-refractivity contribution in [1.82, 2.24) is 10.2 Å². The van der Waals surface area contributed by atoms with E-state index in [1.165, 1.54) is 16.2 Å². The van der Waals surface area contributed by atoms with Gasteiger partial charge in [-0.25, -0.2) is 9.59 Å². The van der Waals surface area contributed by atoms with E-state index in [0.29, 0.717) is 13.1 Å². The summed E-state index contributed by atoms with van der Waals surface area (Å²) in [6.45, 7) is 0.789. The molecule has 2 heterocycles. The Morgan fingerprint density at radius 1 is 1.67 bits per heavy atom. The van der Waals surface area contributed by atoms with Crippen LogP contribution in [0.15, 0.2) is 17.5 Å². The maximum Gasteiger partial charge on any atom is 0.415 e. The highest BCUT2D eigenvalue weighted by Crippen LogP contribution is 2.25. The van der Waals surface area contributed by atoms with Gasteiger partial charge in [-0.15, -0.1) is 11.3 Å². The highest BCUT2D eigenvalue weighted by atomic mass is 32.1. The summed E-state index contributed by atoms with van der Waals surface area (Å²) >= 11 is 1.48. The minimum absolute atomic E-state index is 0.194. The van der Waals surface area contributed by atoms with E-state index in [9.17, 15) is 9.59 Å². The number of ether oxygens (including phenoxy) is 1. The molecule has 0 saturated carbocycles. The molecule has 3 amide bonds. The SMILES string of the molecule is CN(C)C(=O)NCC1CN(c2cccs2)C(=O)O1. The molecule has 0 aliphatic carbocycles. The summed E-state index contributed by atoms with van der Waals surface area (Å²) in [5.41, 5.74) is 0. The average molecular weight is 269 g/mol. The number of rotatable bonds is 3. The molecule has 1 aliphatic rings. The van der Waals surface area contributed by atoms with Gasteiger partial charge >= 0.3 is 12.1 Å². The van der Waals surface area contributed by atoms with Crippen LogP contribution < -0.4 is 10.2 Å². The Kier molecular flexibility index (Phi) is 3.71. The molecule has 1 saturated heterocycles. The summed E-state index contributed by atoms with van der Waals surface area (Å²) in [7, 11) is 3.32. The lowest BCUT2D eigenvalue weighted by Gasteiger charge is -2.14. The molecule has 1 aromatic heterocycles. The highest BCUT2D eigenvalue weighted by molar-refractivity contribution is 7.14. The molecule has 1 fully saturated rings. The zero-order valence-corrected chi connectivity index (χ0v) is 11.1. The third-order valence-corrected chi connectivity index (χ3v) is 3.42. The fourth-order valence-electron chi connectivity index (χ4n) is 1.59. The molecule has 0 radical (unpaired) electrons. The second kappa shape index (κ2) is 5.26. The van der Waals surface area contributed by atoms with Crippen LogP contribution in [0.5, 0.6) is 0 Å². The zero-order chi connectivity index (χ0) is 13.1. The predicted molar refractivity (Wildman–Crippen MR) is 69.0 cm³/mol. The third-order valence-electron chi connectivity index (χ3n) is 2.53. The summed E-state index contributed by atoms with van der Waals surface area (Å²) < 4.78 is 5.19. The minimum Gasteiger partial charge on any atom is -0.442 e. The standard InChI is InChI=1S/C11H15N3O3S/c1-13(2)10(15)12-6-8-7-14(11(16)17-8)9-4-3-5-18-9/h3-5,8H,6-7H2,1-2H3,(H,12,15). The first-order valence-electron chi connectivity index (χ1n) is 5.54. The van der Waals surface area contributed by atoms with E-state index in [-0.39, 0.29) is 18.2 Å². The van der Waals surface area contributed by atoms with Gasteiger partial charge in [-0.1, -0.05) is 0 Å². The van der Waals surface area contributed by atoms with Crippen LogP contribution in [0.1, 0.15) is 0 Å². The summed E-state index contributed by atoms with van der Waals surface area (Å²) in [6.07, 6.45) is -0.662. The highest BCUT2D eigenvalue weighted by Gasteiger charge is 2.32. The average Bonchev–Trinajstić information content (AvgIpc) is 2.94. The first-order valence-corrected chi connectivity index (χ1v) is 6.42. The molecule has 1 N–H and O–H groups in total. The number of nitrogens with one attached hydrogen (secondary N) is 1. The van der Waals surface area contributed by atoms with E-state index in [0.717, 1.165) is 5.00 Å². The van der Waals surface area contributed by atoms with Crippen molar-refractivity contribution in [3.63, 3.8) is 0 Å². The van der Waals surface area contributed by atoms with Crippen LogP contribution in [0.25, 0.3) is 0 Å². The smallest absolute Gasteiger partial charge is 0.415 e. The topological polar surface area (TPSA) is 61.9 Å². The van der Waals surface area contributed by atoms with Gasteiger partial charge in [0.05, 0.1) is 13.1 Å². The summed E-state index contributed by atoms with van der Waals surface area (Å²) in [5, 5.41) is 5.47. The lowest BCUT2D eigenvalue weighted by Crippen LogP contribution is -2.40. The Hall–Kier alpha value is -1.76. The lowest BCUT2D eigenvalue weighted by molar-refractivity contribution is 0.139. The fraction of sp³-hybridized carbons (Fsp3) is 0.455. The van der Waals surface area contributed by atoms with Crippen LogP contribution in [0.3, 0.4) is 0 Å². The van der Waals surface area contributed by atoms with Crippen LogP contribution in [0.2, 0.25) is 0 Å². The summed E-state index contributed by atoms with van der Waals surface area (Å²) in [6, 6.07) is 3.56. The molecule has 98 valence electrons. The number of urea groups is 1. The Bertz CT molecular complexity index is 433. The first-order chi connectivity index (χ1) is 8.58. The second-order valence-electron chi connectivity index (χ2n) is 4.15. The van der Waals surface area contributed by atoms with Gasteiger partial charge in [0.2, 0.25) is 0 Å². The Labute approximate surface area is 109 Å². The Morgan fingerprint density at radius 2 is 2.44 bits per heavy atom. The van der Waals surface area contributed by atoms with Gasteiger partial charge in [0.25, 0.3) is 0 Å². The van der Waals surface area contributed by atoms with Gasteiger partial charge in [-0.05, 0) is 17.5 Å². The van der Waals surface area contributed by atoms with Crippen LogP contribution in [0, 0.1) is 0 Å². The lowest BCUT2D eigenvalue weighted by atomic mass is 10.3. The fourth-order valence-corrected chi connectivity index (χ4v) is 2.32.